The summed E-state index contributed by atoms with van der Waals surface area (Å²) in [6.45, 7) is 3.80. The number of aryl methyl sites for hydroxylation is 1. The molecule has 0 unspecified atom stereocenters. The molecule has 0 saturated heterocycles. The molecular weight excluding hydrogens is 274 g/mol. The van der Waals surface area contributed by atoms with Crippen molar-refractivity contribution in [2.45, 2.75) is 24.9 Å². The van der Waals surface area contributed by atoms with Crippen LogP contribution < -0.4 is 10.9 Å². The zero-order valence-electron chi connectivity index (χ0n) is 11.7. The van der Waals surface area contributed by atoms with E-state index in [1.165, 1.54) is 11.8 Å². The summed E-state index contributed by atoms with van der Waals surface area (Å²) in [6.07, 6.45) is 0. The summed E-state index contributed by atoms with van der Waals surface area (Å²) in [4.78, 5) is 28.1. The third kappa shape index (κ3) is 3.19. The van der Waals surface area contributed by atoms with Crippen molar-refractivity contribution in [3.8, 4) is 0 Å². The third-order valence-electron chi connectivity index (χ3n) is 2.74. The predicted molar refractivity (Wildman–Crippen MR) is 81.0 cm³/mol. The average molecular weight is 291 g/mol. The molecule has 0 radical (unpaired) electrons. The molecule has 0 aliphatic heterocycles. The van der Waals surface area contributed by atoms with E-state index < -0.39 is 0 Å². The summed E-state index contributed by atoms with van der Waals surface area (Å²) >= 11 is 1.17. The van der Waals surface area contributed by atoms with Crippen LogP contribution in [-0.4, -0.2) is 27.3 Å². The standard InChI is InChI=1S/C14H17N3O2S/c1-9(2)15-12(18)8-20-13-14(19)17(3)11-7-5-4-6-10(11)16-13/h4-7,9H,8H2,1-3H3,(H,15,18). The van der Waals surface area contributed by atoms with Crippen LogP contribution in [0.15, 0.2) is 34.1 Å². The van der Waals surface area contributed by atoms with E-state index in [1.807, 2.05) is 38.1 Å². The Morgan fingerprint density at radius 3 is 2.80 bits per heavy atom. The van der Waals surface area contributed by atoms with Gasteiger partial charge in [-0.2, -0.15) is 0 Å². The molecule has 2 aromatic rings. The molecule has 0 aliphatic carbocycles. The molecule has 6 heteroatoms. The van der Waals surface area contributed by atoms with E-state index in [0.717, 1.165) is 11.0 Å². The lowest BCUT2D eigenvalue weighted by Gasteiger charge is -2.09. The highest BCUT2D eigenvalue weighted by molar-refractivity contribution is 7.99. The Balaban J connectivity index is 2.25. The fraction of sp³-hybridized carbons (Fsp3) is 0.357. The van der Waals surface area contributed by atoms with Crippen LogP contribution >= 0.6 is 11.8 Å². The van der Waals surface area contributed by atoms with Gasteiger partial charge in [0.05, 0.1) is 16.8 Å². The topological polar surface area (TPSA) is 64.0 Å². The van der Waals surface area contributed by atoms with Crippen molar-refractivity contribution < 1.29 is 4.79 Å². The van der Waals surface area contributed by atoms with Crippen LogP contribution in [0.2, 0.25) is 0 Å². The van der Waals surface area contributed by atoms with Gasteiger partial charge in [-0.05, 0) is 26.0 Å². The van der Waals surface area contributed by atoms with E-state index in [0.29, 0.717) is 5.03 Å². The quantitative estimate of drug-likeness (QED) is 0.868. The van der Waals surface area contributed by atoms with Gasteiger partial charge < -0.3 is 9.88 Å². The average Bonchev–Trinajstić information content (AvgIpc) is 2.40. The molecule has 0 atom stereocenters. The van der Waals surface area contributed by atoms with Gasteiger partial charge in [0.25, 0.3) is 5.56 Å². The van der Waals surface area contributed by atoms with Crippen LogP contribution in [0.25, 0.3) is 11.0 Å². The number of nitrogens with zero attached hydrogens (tertiary/aromatic N) is 2. The van der Waals surface area contributed by atoms with Gasteiger partial charge in [0, 0.05) is 13.1 Å². The minimum atomic E-state index is -0.175. The van der Waals surface area contributed by atoms with E-state index >= 15 is 0 Å². The first-order chi connectivity index (χ1) is 9.49. The molecule has 106 valence electrons. The summed E-state index contributed by atoms with van der Waals surface area (Å²) in [5, 5.41) is 3.14. The van der Waals surface area contributed by atoms with Crippen molar-refractivity contribution in [2.24, 2.45) is 7.05 Å². The van der Waals surface area contributed by atoms with Gasteiger partial charge in [-0.1, -0.05) is 23.9 Å². The molecule has 20 heavy (non-hydrogen) atoms. The van der Waals surface area contributed by atoms with E-state index in [4.69, 9.17) is 0 Å². The first-order valence-electron chi connectivity index (χ1n) is 6.37. The number of amides is 1. The van der Waals surface area contributed by atoms with Gasteiger partial charge in [-0.25, -0.2) is 4.98 Å². The Kier molecular flexibility index (Phi) is 4.44. The van der Waals surface area contributed by atoms with Crippen molar-refractivity contribution in [3.63, 3.8) is 0 Å². The fourth-order valence-electron chi connectivity index (χ4n) is 1.84. The molecule has 0 saturated carbocycles. The Morgan fingerprint density at radius 1 is 1.40 bits per heavy atom. The Bertz CT molecular complexity index is 694. The second-order valence-electron chi connectivity index (χ2n) is 4.78. The van der Waals surface area contributed by atoms with Crippen molar-refractivity contribution in [3.05, 3.63) is 34.6 Å². The minimum Gasteiger partial charge on any atom is -0.353 e. The van der Waals surface area contributed by atoms with Gasteiger partial charge in [0.15, 0.2) is 5.03 Å². The molecule has 2 rings (SSSR count). The van der Waals surface area contributed by atoms with Crippen LogP contribution in [0.5, 0.6) is 0 Å². The maximum absolute atomic E-state index is 12.2. The molecule has 1 heterocycles. The zero-order chi connectivity index (χ0) is 14.7. The van der Waals surface area contributed by atoms with E-state index in [1.54, 1.807) is 11.6 Å². The smallest absolute Gasteiger partial charge is 0.283 e. The lowest BCUT2D eigenvalue weighted by Crippen LogP contribution is -2.32. The van der Waals surface area contributed by atoms with Crippen molar-refractivity contribution in [1.82, 2.24) is 14.9 Å². The number of thioether (sulfide) groups is 1. The summed E-state index contributed by atoms with van der Waals surface area (Å²) in [6, 6.07) is 7.54. The largest absolute Gasteiger partial charge is 0.353 e. The van der Waals surface area contributed by atoms with Crippen molar-refractivity contribution in [2.75, 3.05) is 5.75 Å². The molecule has 0 aliphatic rings. The number of rotatable bonds is 4. The van der Waals surface area contributed by atoms with E-state index in [-0.39, 0.29) is 23.3 Å². The van der Waals surface area contributed by atoms with Gasteiger partial charge in [-0.3, -0.25) is 9.59 Å². The number of carbonyl (C=O) groups is 1. The van der Waals surface area contributed by atoms with Crippen LogP contribution in [-0.2, 0) is 11.8 Å². The first-order valence-corrected chi connectivity index (χ1v) is 7.35. The van der Waals surface area contributed by atoms with Crippen LogP contribution in [0, 0.1) is 0 Å². The summed E-state index contributed by atoms with van der Waals surface area (Å²) in [5.41, 5.74) is 1.36. The number of para-hydroxylation sites is 2. The van der Waals surface area contributed by atoms with Crippen LogP contribution in [0.3, 0.4) is 0 Å². The molecule has 5 nitrogen and oxygen atoms in total. The number of aromatic nitrogens is 2. The highest BCUT2D eigenvalue weighted by Crippen LogP contribution is 2.15. The summed E-state index contributed by atoms with van der Waals surface area (Å²) in [7, 11) is 1.71. The molecule has 1 amide bonds. The lowest BCUT2D eigenvalue weighted by atomic mass is 10.3. The second-order valence-corrected chi connectivity index (χ2v) is 5.74. The molecule has 1 N–H and O–H groups in total. The number of fused-ring (bicyclic) bond motifs is 1. The molecule has 1 aromatic carbocycles. The van der Waals surface area contributed by atoms with Crippen LogP contribution in [0.1, 0.15) is 13.8 Å². The minimum absolute atomic E-state index is 0.0931. The summed E-state index contributed by atoms with van der Waals surface area (Å²) in [5.74, 6) is 0.0979. The van der Waals surface area contributed by atoms with E-state index in [9.17, 15) is 9.59 Å². The highest BCUT2D eigenvalue weighted by Gasteiger charge is 2.11. The molecule has 0 fully saturated rings. The first kappa shape index (κ1) is 14.6. The Labute approximate surface area is 121 Å². The molecular formula is C14H17N3O2S. The van der Waals surface area contributed by atoms with Gasteiger partial charge >= 0.3 is 0 Å². The number of hydrogen-bond donors (Lipinski definition) is 1. The monoisotopic (exact) mass is 291 g/mol. The van der Waals surface area contributed by atoms with Gasteiger partial charge in [0.2, 0.25) is 5.91 Å². The molecule has 0 spiro atoms. The normalized spacial score (nSPS) is 11.0. The second kappa shape index (κ2) is 6.09. The summed E-state index contributed by atoms with van der Waals surface area (Å²) < 4.78 is 1.56. The van der Waals surface area contributed by atoms with Crippen molar-refractivity contribution in [1.29, 1.82) is 0 Å². The highest BCUT2D eigenvalue weighted by atomic mass is 32.2. The predicted octanol–water partition coefficient (Wildman–Crippen LogP) is 1.55. The zero-order valence-corrected chi connectivity index (χ0v) is 12.5. The number of nitrogens with one attached hydrogen (secondary N) is 1. The van der Waals surface area contributed by atoms with Gasteiger partial charge in [-0.15, -0.1) is 0 Å². The number of hydrogen-bond acceptors (Lipinski definition) is 4. The molecule has 0 bridgehead atoms. The Morgan fingerprint density at radius 2 is 2.10 bits per heavy atom. The lowest BCUT2D eigenvalue weighted by molar-refractivity contribution is -0.119. The van der Waals surface area contributed by atoms with Gasteiger partial charge in [0.1, 0.15) is 0 Å². The maximum atomic E-state index is 12.2. The fourth-order valence-corrected chi connectivity index (χ4v) is 2.62. The third-order valence-corrected chi connectivity index (χ3v) is 3.69. The molecule has 1 aromatic heterocycles. The number of carbonyl (C=O) groups excluding carboxylic acids is 1. The van der Waals surface area contributed by atoms with Crippen LogP contribution in [0.4, 0.5) is 0 Å². The SMILES string of the molecule is CC(C)NC(=O)CSc1nc2ccccc2n(C)c1=O. The number of benzene rings is 1. The van der Waals surface area contributed by atoms with E-state index in [2.05, 4.69) is 10.3 Å². The Hall–Kier alpha value is -1.82. The van der Waals surface area contributed by atoms with Crippen molar-refractivity contribution >= 4 is 28.7 Å². The maximum Gasteiger partial charge on any atom is 0.283 e.